The maximum atomic E-state index is 12.6. The quantitative estimate of drug-likeness (QED) is 0.922. The predicted octanol–water partition coefficient (Wildman–Crippen LogP) is 2.92. The fourth-order valence-corrected chi connectivity index (χ4v) is 4.68. The molecule has 0 radical (unpaired) electrons. The molecule has 20 heavy (non-hydrogen) atoms. The molecule has 0 heterocycles. The van der Waals surface area contributed by atoms with Gasteiger partial charge < -0.3 is 5.11 Å². The van der Waals surface area contributed by atoms with Crippen LogP contribution < -0.4 is 0 Å². The topological polar surface area (TPSA) is 57.6 Å². The Labute approximate surface area is 129 Å². The molecule has 1 fully saturated rings. The molecular formula is C13H17Cl2NO3S. The van der Waals surface area contributed by atoms with E-state index in [4.69, 9.17) is 23.2 Å². The van der Waals surface area contributed by atoms with Crippen LogP contribution in [-0.4, -0.2) is 37.0 Å². The summed E-state index contributed by atoms with van der Waals surface area (Å²) in [7, 11) is -2.22. The van der Waals surface area contributed by atoms with Gasteiger partial charge in [0, 0.05) is 17.1 Å². The summed E-state index contributed by atoms with van der Waals surface area (Å²) in [6.07, 6.45) is 2.50. The van der Waals surface area contributed by atoms with Crippen LogP contribution >= 0.6 is 23.2 Å². The van der Waals surface area contributed by atoms with Crippen molar-refractivity contribution in [2.75, 3.05) is 7.05 Å². The lowest BCUT2D eigenvalue weighted by atomic mass is 9.93. The number of hydrogen-bond donors (Lipinski definition) is 1. The molecular weight excluding hydrogens is 321 g/mol. The highest BCUT2D eigenvalue weighted by molar-refractivity contribution is 7.89. The Bertz CT molecular complexity index is 571. The third kappa shape index (κ3) is 3.28. The molecule has 0 aliphatic heterocycles. The van der Waals surface area contributed by atoms with Crippen LogP contribution in [-0.2, 0) is 10.0 Å². The molecule has 0 amide bonds. The highest BCUT2D eigenvalue weighted by Crippen LogP contribution is 2.29. The van der Waals surface area contributed by atoms with Crippen LogP contribution in [0.3, 0.4) is 0 Å². The summed E-state index contributed by atoms with van der Waals surface area (Å²) in [5.74, 6) is 0. The molecule has 0 saturated heterocycles. The molecule has 0 aromatic heterocycles. The standard InChI is InChI=1S/C13H17Cl2NO3S/c1-16(12-4-2-3-5-13(12)17)20(18,19)11-7-9(14)6-10(15)8-11/h6-8,12-13,17H,2-5H2,1H3. The number of sulfonamides is 1. The fraction of sp³-hybridized carbons (Fsp3) is 0.538. The Morgan fingerprint density at radius 3 is 2.25 bits per heavy atom. The summed E-state index contributed by atoms with van der Waals surface area (Å²) >= 11 is 11.7. The second kappa shape index (κ2) is 6.20. The van der Waals surface area contributed by atoms with Crippen molar-refractivity contribution in [2.24, 2.45) is 0 Å². The minimum atomic E-state index is -3.71. The molecule has 2 atom stereocenters. The molecule has 2 unspecified atom stereocenters. The van der Waals surface area contributed by atoms with E-state index in [9.17, 15) is 13.5 Å². The van der Waals surface area contributed by atoms with E-state index in [0.717, 1.165) is 12.8 Å². The van der Waals surface area contributed by atoms with Crippen LogP contribution in [0.2, 0.25) is 10.0 Å². The van der Waals surface area contributed by atoms with Gasteiger partial charge in [-0.15, -0.1) is 0 Å². The van der Waals surface area contributed by atoms with Crippen molar-refractivity contribution in [1.29, 1.82) is 0 Å². The van der Waals surface area contributed by atoms with Crippen molar-refractivity contribution in [2.45, 2.75) is 42.7 Å². The molecule has 1 saturated carbocycles. The van der Waals surface area contributed by atoms with Crippen LogP contribution in [0.5, 0.6) is 0 Å². The largest absolute Gasteiger partial charge is 0.391 e. The highest BCUT2D eigenvalue weighted by Gasteiger charge is 2.34. The van der Waals surface area contributed by atoms with Gasteiger partial charge in [-0.1, -0.05) is 36.0 Å². The van der Waals surface area contributed by atoms with Crippen molar-refractivity contribution >= 4 is 33.2 Å². The second-order valence-corrected chi connectivity index (χ2v) is 7.92. The summed E-state index contributed by atoms with van der Waals surface area (Å²) in [5.41, 5.74) is 0. The summed E-state index contributed by atoms with van der Waals surface area (Å²) in [6, 6.07) is 3.83. The number of hydrogen-bond acceptors (Lipinski definition) is 3. The number of aliphatic hydroxyl groups excluding tert-OH is 1. The van der Waals surface area contributed by atoms with Gasteiger partial charge in [-0.05, 0) is 31.0 Å². The highest BCUT2D eigenvalue weighted by atomic mass is 35.5. The first-order chi connectivity index (χ1) is 9.32. The lowest BCUT2D eigenvalue weighted by Crippen LogP contribution is -2.46. The molecule has 1 N–H and O–H groups in total. The van der Waals surface area contributed by atoms with Gasteiger partial charge in [-0.3, -0.25) is 0 Å². The lowest BCUT2D eigenvalue weighted by Gasteiger charge is -2.34. The van der Waals surface area contributed by atoms with Crippen molar-refractivity contribution in [1.82, 2.24) is 4.31 Å². The van der Waals surface area contributed by atoms with Gasteiger partial charge in [-0.2, -0.15) is 4.31 Å². The van der Waals surface area contributed by atoms with E-state index >= 15 is 0 Å². The number of halogens is 2. The van der Waals surface area contributed by atoms with E-state index in [-0.39, 0.29) is 14.9 Å². The minimum absolute atomic E-state index is 0.0512. The van der Waals surface area contributed by atoms with Crippen LogP contribution in [0.1, 0.15) is 25.7 Å². The maximum Gasteiger partial charge on any atom is 0.243 e. The van der Waals surface area contributed by atoms with Crippen LogP contribution in [0, 0.1) is 0 Å². The van der Waals surface area contributed by atoms with Crippen LogP contribution in [0.25, 0.3) is 0 Å². The number of rotatable bonds is 3. The molecule has 0 spiro atoms. The summed E-state index contributed by atoms with van der Waals surface area (Å²) in [6.45, 7) is 0. The SMILES string of the molecule is CN(C1CCCCC1O)S(=O)(=O)c1cc(Cl)cc(Cl)c1. The minimum Gasteiger partial charge on any atom is -0.391 e. The Hall–Kier alpha value is -0.330. The molecule has 112 valence electrons. The van der Waals surface area contributed by atoms with Gasteiger partial charge in [0.25, 0.3) is 0 Å². The summed E-state index contributed by atoms with van der Waals surface area (Å²) in [4.78, 5) is 0.0512. The van der Waals surface area contributed by atoms with Crippen molar-refractivity contribution < 1.29 is 13.5 Å². The first-order valence-electron chi connectivity index (χ1n) is 6.44. The molecule has 1 aliphatic rings. The van der Waals surface area contributed by atoms with Crippen LogP contribution in [0.4, 0.5) is 0 Å². The molecule has 0 bridgehead atoms. The number of aliphatic hydroxyl groups is 1. The van der Waals surface area contributed by atoms with Crippen molar-refractivity contribution in [3.63, 3.8) is 0 Å². The van der Waals surface area contributed by atoms with Gasteiger partial charge in [0.2, 0.25) is 10.0 Å². The molecule has 7 heteroatoms. The zero-order valence-corrected chi connectivity index (χ0v) is 13.4. The molecule has 1 aromatic carbocycles. The number of benzene rings is 1. The molecule has 1 aromatic rings. The van der Waals surface area contributed by atoms with E-state index in [0.29, 0.717) is 12.8 Å². The van der Waals surface area contributed by atoms with Crippen LogP contribution in [0.15, 0.2) is 23.1 Å². The Kier molecular flexibility index (Phi) is 4.97. The summed E-state index contributed by atoms with van der Waals surface area (Å²) in [5, 5.41) is 10.5. The summed E-state index contributed by atoms with van der Waals surface area (Å²) < 4.78 is 26.4. The maximum absolute atomic E-state index is 12.6. The zero-order chi connectivity index (χ0) is 14.9. The van der Waals surface area contributed by atoms with E-state index in [1.54, 1.807) is 0 Å². The van der Waals surface area contributed by atoms with Gasteiger partial charge in [-0.25, -0.2) is 8.42 Å². The number of likely N-dealkylation sites (N-methyl/N-ethyl adjacent to an activating group) is 1. The molecule has 2 rings (SSSR count). The molecule has 4 nitrogen and oxygen atoms in total. The second-order valence-electron chi connectivity index (χ2n) is 5.05. The predicted molar refractivity (Wildman–Crippen MR) is 79.7 cm³/mol. The van der Waals surface area contributed by atoms with E-state index in [2.05, 4.69) is 0 Å². The van der Waals surface area contributed by atoms with Crippen molar-refractivity contribution in [3.05, 3.63) is 28.2 Å². The Morgan fingerprint density at radius 1 is 1.15 bits per heavy atom. The third-order valence-corrected chi connectivity index (χ3v) is 5.97. The molecule has 1 aliphatic carbocycles. The van der Waals surface area contributed by atoms with Gasteiger partial charge >= 0.3 is 0 Å². The average Bonchev–Trinajstić information content (AvgIpc) is 2.37. The first kappa shape index (κ1) is 16.0. The Balaban J connectivity index is 2.33. The van der Waals surface area contributed by atoms with Gasteiger partial charge in [0.1, 0.15) is 0 Å². The van der Waals surface area contributed by atoms with E-state index in [1.807, 2.05) is 0 Å². The fourth-order valence-electron chi connectivity index (χ4n) is 2.54. The van der Waals surface area contributed by atoms with Crippen molar-refractivity contribution in [3.8, 4) is 0 Å². The van der Waals surface area contributed by atoms with E-state index in [1.165, 1.54) is 29.6 Å². The lowest BCUT2D eigenvalue weighted by molar-refractivity contribution is 0.0638. The first-order valence-corrected chi connectivity index (χ1v) is 8.64. The van der Waals surface area contributed by atoms with E-state index < -0.39 is 22.2 Å². The Morgan fingerprint density at radius 2 is 1.70 bits per heavy atom. The number of nitrogens with zero attached hydrogens (tertiary/aromatic N) is 1. The smallest absolute Gasteiger partial charge is 0.243 e. The normalized spacial score (nSPS) is 24.1. The third-order valence-electron chi connectivity index (χ3n) is 3.67. The van der Waals surface area contributed by atoms with Gasteiger partial charge in [0.15, 0.2) is 0 Å². The zero-order valence-electron chi connectivity index (χ0n) is 11.1. The van der Waals surface area contributed by atoms with Gasteiger partial charge in [0.05, 0.1) is 17.0 Å². The monoisotopic (exact) mass is 337 g/mol. The average molecular weight is 338 g/mol.